The van der Waals surface area contributed by atoms with E-state index in [1.165, 1.54) is 12.1 Å². The number of ketones is 1. The molecule has 0 aliphatic carbocycles. The lowest BCUT2D eigenvalue weighted by atomic mass is 10.0. The van der Waals surface area contributed by atoms with Crippen molar-refractivity contribution in [1.82, 2.24) is 4.90 Å². The van der Waals surface area contributed by atoms with Crippen molar-refractivity contribution in [3.8, 4) is 5.75 Å². The third kappa shape index (κ3) is 3.32. The van der Waals surface area contributed by atoms with Gasteiger partial charge >= 0.3 is 6.18 Å². The first-order valence-electron chi connectivity index (χ1n) is 7.62. The summed E-state index contributed by atoms with van der Waals surface area (Å²) in [6.07, 6.45) is -4.44. The normalized spacial score (nSPS) is 17.2. The molecule has 1 aliphatic rings. The van der Waals surface area contributed by atoms with E-state index in [4.69, 9.17) is 11.6 Å². The Morgan fingerprint density at radius 2 is 2.04 bits per heavy atom. The molecule has 0 saturated carbocycles. The first-order valence-corrected chi connectivity index (χ1v) is 7.99. The third-order valence-corrected chi connectivity index (χ3v) is 4.62. The largest absolute Gasteiger partial charge is 0.508 e. The quantitative estimate of drug-likeness (QED) is 0.643. The van der Waals surface area contributed by atoms with E-state index in [1.807, 2.05) is 0 Å². The molecule has 1 unspecified atom stereocenters. The van der Waals surface area contributed by atoms with Crippen molar-refractivity contribution in [2.75, 3.05) is 0 Å². The van der Waals surface area contributed by atoms with Gasteiger partial charge in [-0.3, -0.25) is 14.5 Å². The summed E-state index contributed by atoms with van der Waals surface area (Å²) in [6.45, 7) is 0.205. The smallest absolute Gasteiger partial charge is 0.417 e. The molecule has 4 nitrogen and oxygen atoms in total. The lowest BCUT2D eigenvalue weighted by molar-refractivity contribution is -0.137. The molecule has 2 aromatic carbocycles. The molecule has 8 heteroatoms. The Morgan fingerprint density at radius 3 is 2.69 bits per heavy atom. The maximum atomic E-state index is 13.0. The standard InChI is InChI=1S/C18H13ClF3NO3/c19-13-5-4-10(6-12(13)18(20,21)22)7-23-8-11-2-1-3-14(25)16(11)17(23)15(26)9-24/h1-6,9,17,25H,7-8H2. The van der Waals surface area contributed by atoms with Gasteiger partial charge in [-0.05, 0) is 29.3 Å². The van der Waals surface area contributed by atoms with Crippen LogP contribution in [0.2, 0.25) is 5.02 Å². The Labute approximate surface area is 151 Å². The average molecular weight is 384 g/mol. The second-order valence-electron chi connectivity index (χ2n) is 5.99. The number of hydrogen-bond acceptors (Lipinski definition) is 4. The number of benzene rings is 2. The summed E-state index contributed by atoms with van der Waals surface area (Å²) in [7, 11) is 0. The third-order valence-electron chi connectivity index (χ3n) is 4.29. The number of phenolic OH excluding ortho intramolecular Hbond substituents is 1. The fraction of sp³-hybridized carbons (Fsp3) is 0.222. The number of rotatable bonds is 4. The van der Waals surface area contributed by atoms with Gasteiger partial charge < -0.3 is 5.11 Å². The van der Waals surface area contributed by atoms with Gasteiger partial charge in [-0.2, -0.15) is 13.2 Å². The fourth-order valence-corrected chi connectivity index (χ4v) is 3.43. The van der Waals surface area contributed by atoms with Crippen LogP contribution in [-0.2, 0) is 28.9 Å². The minimum Gasteiger partial charge on any atom is -0.508 e. The van der Waals surface area contributed by atoms with Crippen molar-refractivity contribution in [3.63, 3.8) is 0 Å². The number of aromatic hydroxyl groups is 1. The summed E-state index contributed by atoms with van der Waals surface area (Å²) in [6, 6.07) is 7.17. The summed E-state index contributed by atoms with van der Waals surface area (Å²) >= 11 is 5.63. The van der Waals surface area contributed by atoms with E-state index in [0.29, 0.717) is 11.1 Å². The molecule has 1 N–H and O–H groups in total. The summed E-state index contributed by atoms with van der Waals surface area (Å²) in [5.41, 5.74) is 0.289. The van der Waals surface area contributed by atoms with E-state index in [0.717, 1.165) is 12.1 Å². The highest BCUT2D eigenvalue weighted by atomic mass is 35.5. The van der Waals surface area contributed by atoms with Gasteiger partial charge in [-0.15, -0.1) is 0 Å². The van der Waals surface area contributed by atoms with E-state index < -0.39 is 28.6 Å². The number of carbonyl (C=O) groups is 2. The van der Waals surface area contributed by atoms with Gasteiger partial charge in [0.05, 0.1) is 10.6 Å². The first-order chi connectivity index (χ1) is 12.2. The van der Waals surface area contributed by atoms with Crippen LogP contribution in [0.25, 0.3) is 0 Å². The van der Waals surface area contributed by atoms with Gasteiger partial charge in [0.15, 0.2) is 6.29 Å². The number of aldehydes is 1. The highest BCUT2D eigenvalue weighted by Crippen LogP contribution is 2.41. The van der Waals surface area contributed by atoms with Crippen molar-refractivity contribution in [2.24, 2.45) is 0 Å². The van der Waals surface area contributed by atoms with Gasteiger partial charge in [-0.1, -0.05) is 29.8 Å². The molecule has 1 atom stereocenters. The summed E-state index contributed by atoms with van der Waals surface area (Å²) in [5.74, 6) is -0.896. The zero-order valence-electron chi connectivity index (χ0n) is 13.3. The van der Waals surface area contributed by atoms with E-state index >= 15 is 0 Å². The van der Waals surface area contributed by atoms with Crippen LogP contribution in [0.5, 0.6) is 5.75 Å². The first kappa shape index (κ1) is 18.4. The van der Waals surface area contributed by atoms with Crippen LogP contribution < -0.4 is 0 Å². The van der Waals surface area contributed by atoms with Gasteiger partial charge in [0.1, 0.15) is 11.8 Å². The Morgan fingerprint density at radius 1 is 1.31 bits per heavy atom. The van der Waals surface area contributed by atoms with Crippen molar-refractivity contribution in [3.05, 3.63) is 63.7 Å². The van der Waals surface area contributed by atoms with Crippen LogP contribution in [-0.4, -0.2) is 22.1 Å². The van der Waals surface area contributed by atoms with Crippen molar-refractivity contribution >= 4 is 23.7 Å². The van der Waals surface area contributed by atoms with E-state index in [-0.39, 0.29) is 30.7 Å². The van der Waals surface area contributed by atoms with Crippen LogP contribution in [0, 0.1) is 0 Å². The second kappa shape index (κ2) is 6.74. The average Bonchev–Trinajstić information content (AvgIpc) is 2.94. The summed E-state index contributed by atoms with van der Waals surface area (Å²) in [5, 5.41) is 9.64. The fourth-order valence-electron chi connectivity index (χ4n) is 3.20. The van der Waals surface area contributed by atoms with Gasteiger partial charge in [-0.25, -0.2) is 0 Å². The monoisotopic (exact) mass is 383 g/mol. The van der Waals surface area contributed by atoms with Crippen molar-refractivity contribution in [2.45, 2.75) is 25.3 Å². The lowest BCUT2D eigenvalue weighted by Crippen LogP contribution is -2.28. The molecule has 1 aliphatic heterocycles. The predicted octanol–water partition coefficient (Wildman–Crippen LogP) is 3.89. The zero-order valence-corrected chi connectivity index (χ0v) is 14.0. The maximum Gasteiger partial charge on any atom is 0.417 e. The molecular formula is C18H13ClF3NO3. The molecule has 136 valence electrons. The van der Waals surface area contributed by atoms with Crippen molar-refractivity contribution in [1.29, 1.82) is 0 Å². The number of hydrogen-bond donors (Lipinski definition) is 1. The molecule has 0 bridgehead atoms. The van der Waals surface area contributed by atoms with E-state index in [1.54, 1.807) is 17.0 Å². The van der Waals surface area contributed by atoms with Gasteiger partial charge in [0, 0.05) is 18.7 Å². The molecule has 0 aromatic heterocycles. The molecule has 3 rings (SSSR count). The molecular weight excluding hydrogens is 371 g/mol. The number of phenols is 1. The molecule has 26 heavy (non-hydrogen) atoms. The lowest BCUT2D eigenvalue weighted by Gasteiger charge is -2.23. The second-order valence-corrected chi connectivity index (χ2v) is 6.40. The van der Waals surface area contributed by atoms with Crippen LogP contribution in [0.4, 0.5) is 13.2 Å². The molecule has 1 heterocycles. The number of fused-ring (bicyclic) bond motifs is 1. The molecule has 0 saturated heterocycles. The Bertz CT molecular complexity index is 882. The van der Waals surface area contributed by atoms with Gasteiger partial charge in [0.25, 0.3) is 0 Å². The van der Waals surface area contributed by atoms with Crippen LogP contribution in [0.3, 0.4) is 0 Å². The SMILES string of the molecule is O=CC(=O)C1c2c(O)cccc2CN1Cc1ccc(Cl)c(C(F)(F)F)c1. The van der Waals surface area contributed by atoms with E-state index in [9.17, 15) is 27.9 Å². The number of alkyl halides is 3. The van der Waals surface area contributed by atoms with Crippen LogP contribution in [0.15, 0.2) is 36.4 Å². The number of Topliss-reactive ketones (excluding diaryl/α,β-unsaturated/α-hetero) is 1. The topological polar surface area (TPSA) is 57.6 Å². The number of halogens is 4. The minimum absolute atomic E-state index is 0.0153. The zero-order chi connectivity index (χ0) is 19.1. The van der Waals surface area contributed by atoms with Crippen LogP contribution >= 0.6 is 11.6 Å². The highest BCUT2D eigenvalue weighted by molar-refractivity contribution is 6.31. The molecule has 0 radical (unpaired) electrons. The number of nitrogens with zero attached hydrogens (tertiary/aromatic N) is 1. The molecule has 0 fully saturated rings. The maximum absolute atomic E-state index is 13.0. The minimum atomic E-state index is -4.60. The van der Waals surface area contributed by atoms with E-state index in [2.05, 4.69) is 0 Å². The van der Waals surface area contributed by atoms with Crippen molar-refractivity contribution < 1.29 is 27.9 Å². The molecule has 2 aromatic rings. The number of carbonyl (C=O) groups excluding carboxylic acids is 2. The highest BCUT2D eigenvalue weighted by Gasteiger charge is 2.38. The molecule has 0 amide bonds. The van der Waals surface area contributed by atoms with Gasteiger partial charge in [0.2, 0.25) is 5.78 Å². The summed E-state index contributed by atoms with van der Waals surface area (Å²) < 4.78 is 39.1. The molecule has 0 spiro atoms. The van der Waals surface area contributed by atoms with Crippen LogP contribution in [0.1, 0.15) is 28.3 Å². The predicted molar refractivity (Wildman–Crippen MR) is 87.6 cm³/mol. The Hall–Kier alpha value is -2.38. The summed E-state index contributed by atoms with van der Waals surface area (Å²) in [4.78, 5) is 24.7. The Balaban J connectivity index is 1.96. The Kier molecular flexibility index (Phi) is 4.77.